The summed E-state index contributed by atoms with van der Waals surface area (Å²) in [6.07, 6.45) is 17.4. The highest BCUT2D eigenvalue weighted by Crippen LogP contribution is 2.19. The number of ether oxygens (including phenoxy) is 1. The Morgan fingerprint density at radius 1 is 0.571 bits per heavy atom. The average molecular weight is 501 g/mol. The van der Waals surface area contributed by atoms with Crippen molar-refractivity contribution in [3.8, 4) is 0 Å². The Kier molecular flexibility index (Phi) is 23.0. The summed E-state index contributed by atoms with van der Waals surface area (Å²) in [5.74, 6) is -1.75. The van der Waals surface area contributed by atoms with Crippen molar-refractivity contribution in [2.45, 2.75) is 160 Å². The molecule has 7 heteroatoms. The first-order valence-electron chi connectivity index (χ1n) is 14.2. The lowest BCUT2D eigenvalue weighted by atomic mass is 9.99. The second kappa shape index (κ2) is 24.1. The van der Waals surface area contributed by atoms with E-state index in [-0.39, 0.29) is 18.8 Å². The normalized spacial score (nSPS) is 12.9. The van der Waals surface area contributed by atoms with Crippen LogP contribution in [0.4, 0.5) is 0 Å². The summed E-state index contributed by atoms with van der Waals surface area (Å²) in [5.41, 5.74) is 0. The zero-order valence-corrected chi connectivity index (χ0v) is 22.2. The van der Waals surface area contributed by atoms with Gasteiger partial charge in [-0.15, -0.1) is 0 Å². The maximum atomic E-state index is 12.4. The van der Waals surface area contributed by atoms with Crippen LogP contribution in [0.3, 0.4) is 0 Å². The van der Waals surface area contributed by atoms with Crippen LogP contribution in [0.1, 0.15) is 148 Å². The minimum absolute atomic E-state index is 0.208. The van der Waals surface area contributed by atoms with Gasteiger partial charge in [-0.1, -0.05) is 90.4 Å². The quantitative estimate of drug-likeness (QED) is 0.0860. The van der Waals surface area contributed by atoms with Crippen LogP contribution >= 0.6 is 0 Å². The summed E-state index contributed by atoms with van der Waals surface area (Å²) in [6.45, 7) is 2.19. The molecule has 0 saturated heterocycles. The molecule has 7 nitrogen and oxygen atoms in total. The maximum Gasteiger partial charge on any atom is 0.306 e. The van der Waals surface area contributed by atoms with Crippen molar-refractivity contribution in [2.75, 3.05) is 0 Å². The molecule has 0 aliphatic rings. The van der Waals surface area contributed by atoms with Crippen molar-refractivity contribution >= 4 is 17.9 Å². The number of esters is 1. The molecule has 0 aromatic rings. The van der Waals surface area contributed by atoms with Gasteiger partial charge in [0.15, 0.2) is 0 Å². The summed E-state index contributed by atoms with van der Waals surface area (Å²) in [6, 6.07) is 0. The fourth-order valence-corrected chi connectivity index (χ4v) is 4.28. The molecule has 0 amide bonds. The van der Waals surface area contributed by atoms with Gasteiger partial charge in [0.05, 0.1) is 6.10 Å². The van der Waals surface area contributed by atoms with Crippen LogP contribution in [-0.2, 0) is 19.1 Å². The molecular formula is C28H52O7. The summed E-state index contributed by atoms with van der Waals surface area (Å²) in [7, 11) is 0. The summed E-state index contributed by atoms with van der Waals surface area (Å²) < 4.78 is 5.71. The smallest absolute Gasteiger partial charge is 0.306 e. The molecule has 0 aliphatic heterocycles. The fraction of sp³-hybridized carbons (Fsp3) is 0.893. The lowest BCUT2D eigenvalue weighted by molar-refractivity contribution is -0.156. The van der Waals surface area contributed by atoms with Crippen molar-refractivity contribution in [1.29, 1.82) is 0 Å². The van der Waals surface area contributed by atoms with Crippen molar-refractivity contribution in [1.82, 2.24) is 0 Å². The van der Waals surface area contributed by atoms with Gasteiger partial charge >= 0.3 is 17.9 Å². The molecule has 0 aliphatic carbocycles. The Labute approximate surface area is 213 Å². The van der Waals surface area contributed by atoms with Gasteiger partial charge in [-0.25, -0.2) is 0 Å². The number of aliphatic carboxylic acids is 2. The molecular weight excluding hydrogens is 448 g/mol. The second-order valence-electron chi connectivity index (χ2n) is 9.87. The van der Waals surface area contributed by atoms with Gasteiger partial charge in [-0.3, -0.25) is 14.4 Å². The molecule has 0 bridgehead atoms. The number of aliphatic hydroxyl groups excluding tert-OH is 1. The number of carboxylic acids is 2. The first kappa shape index (κ1) is 33.4. The fourth-order valence-electron chi connectivity index (χ4n) is 4.28. The molecule has 0 saturated carbocycles. The van der Waals surface area contributed by atoms with E-state index >= 15 is 0 Å². The molecule has 0 radical (unpaired) electrons. The van der Waals surface area contributed by atoms with Crippen LogP contribution in [0, 0.1) is 0 Å². The number of aliphatic hydroxyl groups is 1. The highest BCUT2D eigenvalue weighted by molar-refractivity contribution is 5.69. The van der Waals surface area contributed by atoms with E-state index in [9.17, 15) is 19.5 Å². The number of rotatable bonds is 26. The number of carbonyl (C=O) groups is 3. The lowest BCUT2D eigenvalue weighted by Gasteiger charge is -2.23. The average Bonchev–Trinajstić information content (AvgIpc) is 2.81. The Balaban J connectivity index is 4.24. The Morgan fingerprint density at radius 2 is 0.971 bits per heavy atom. The third kappa shape index (κ3) is 23.9. The topological polar surface area (TPSA) is 121 Å². The molecule has 35 heavy (non-hydrogen) atoms. The minimum Gasteiger partial charge on any atom is -0.481 e. The SMILES string of the molecule is CCCCCCCCC(O)C(CCCCCCCC(=O)O)OC(=O)CCCCCCCCC(=O)O. The summed E-state index contributed by atoms with van der Waals surface area (Å²) in [5, 5.41) is 28.1. The molecule has 2 unspecified atom stereocenters. The molecule has 0 spiro atoms. The molecule has 0 heterocycles. The largest absolute Gasteiger partial charge is 0.481 e. The predicted octanol–water partition coefficient (Wildman–Crippen LogP) is 7.03. The lowest BCUT2D eigenvalue weighted by Crippen LogP contribution is -2.31. The van der Waals surface area contributed by atoms with Gasteiger partial charge < -0.3 is 20.1 Å². The zero-order valence-electron chi connectivity index (χ0n) is 22.2. The third-order valence-corrected chi connectivity index (χ3v) is 6.47. The Bertz CT molecular complexity index is 535. The van der Waals surface area contributed by atoms with Crippen molar-refractivity contribution in [3.63, 3.8) is 0 Å². The monoisotopic (exact) mass is 500 g/mol. The van der Waals surface area contributed by atoms with Gasteiger partial charge in [0.25, 0.3) is 0 Å². The third-order valence-electron chi connectivity index (χ3n) is 6.47. The van der Waals surface area contributed by atoms with Gasteiger partial charge in [-0.2, -0.15) is 0 Å². The second-order valence-corrected chi connectivity index (χ2v) is 9.87. The number of unbranched alkanes of at least 4 members (excludes halogenated alkanes) is 14. The molecule has 0 aromatic heterocycles. The maximum absolute atomic E-state index is 12.4. The molecule has 206 valence electrons. The van der Waals surface area contributed by atoms with E-state index in [1.165, 1.54) is 25.7 Å². The Morgan fingerprint density at radius 3 is 1.46 bits per heavy atom. The van der Waals surface area contributed by atoms with E-state index in [1.807, 2.05) is 0 Å². The van der Waals surface area contributed by atoms with Gasteiger partial charge in [-0.05, 0) is 38.5 Å². The molecule has 0 rings (SSSR count). The highest BCUT2D eigenvalue weighted by atomic mass is 16.6. The van der Waals surface area contributed by atoms with E-state index in [2.05, 4.69) is 6.92 Å². The van der Waals surface area contributed by atoms with Gasteiger partial charge in [0.2, 0.25) is 0 Å². The van der Waals surface area contributed by atoms with Crippen LogP contribution in [0.25, 0.3) is 0 Å². The van der Waals surface area contributed by atoms with Gasteiger partial charge in [0.1, 0.15) is 6.10 Å². The first-order chi connectivity index (χ1) is 16.9. The number of hydrogen-bond donors (Lipinski definition) is 3. The van der Waals surface area contributed by atoms with E-state index in [4.69, 9.17) is 14.9 Å². The highest BCUT2D eigenvalue weighted by Gasteiger charge is 2.22. The van der Waals surface area contributed by atoms with Gasteiger partial charge in [0, 0.05) is 19.3 Å². The van der Waals surface area contributed by atoms with Crippen molar-refractivity contribution < 1.29 is 34.4 Å². The molecule has 2 atom stereocenters. The zero-order chi connectivity index (χ0) is 26.2. The standard InChI is InChI=1S/C28H52O7/c1-2-3-4-5-9-14-19-24(29)25(20-15-10-8-12-17-22-27(32)33)35-28(34)23-18-13-7-6-11-16-21-26(30)31/h24-25,29H,2-23H2,1H3,(H,30,31)(H,32,33). The van der Waals surface area contributed by atoms with Crippen LogP contribution in [0.15, 0.2) is 0 Å². The molecule has 0 aromatic carbocycles. The minimum atomic E-state index is -0.757. The number of carboxylic acid groups (broad SMARTS) is 2. The Hall–Kier alpha value is -1.63. The van der Waals surface area contributed by atoms with Crippen LogP contribution in [0.5, 0.6) is 0 Å². The summed E-state index contributed by atoms with van der Waals surface area (Å²) in [4.78, 5) is 33.5. The van der Waals surface area contributed by atoms with E-state index in [0.717, 1.165) is 70.6 Å². The predicted molar refractivity (Wildman–Crippen MR) is 138 cm³/mol. The van der Waals surface area contributed by atoms with Crippen molar-refractivity contribution in [2.24, 2.45) is 0 Å². The van der Waals surface area contributed by atoms with Crippen molar-refractivity contribution in [3.05, 3.63) is 0 Å². The number of carbonyl (C=O) groups excluding carboxylic acids is 1. The van der Waals surface area contributed by atoms with Crippen LogP contribution in [0.2, 0.25) is 0 Å². The summed E-state index contributed by atoms with van der Waals surface area (Å²) >= 11 is 0. The van der Waals surface area contributed by atoms with Crippen LogP contribution < -0.4 is 0 Å². The van der Waals surface area contributed by atoms with E-state index < -0.39 is 24.1 Å². The molecule has 3 N–H and O–H groups in total. The van der Waals surface area contributed by atoms with E-state index in [1.54, 1.807) is 0 Å². The van der Waals surface area contributed by atoms with Crippen LogP contribution in [-0.4, -0.2) is 45.4 Å². The first-order valence-corrected chi connectivity index (χ1v) is 14.2. The molecule has 0 fully saturated rings. The van der Waals surface area contributed by atoms with E-state index in [0.29, 0.717) is 32.1 Å². The number of hydrogen-bond acceptors (Lipinski definition) is 5.